The lowest BCUT2D eigenvalue weighted by atomic mass is 9.52. The summed E-state index contributed by atoms with van der Waals surface area (Å²) in [5.41, 5.74) is 4.84. The fourth-order valence-electron chi connectivity index (χ4n) is 4.78. The zero-order valence-electron chi connectivity index (χ0n) is 14.0. The van der Waals surface area contributed by atoms with Gasteiger partial charge in [-0.15, -0.1) is 0 Å². The van der Waals surface area contributed by atoms with Crippen molar-refractivity contribution in [1.82, 2.24) is 10.2 Å². The highest BCUT2D eigenvalue weighted by Crippen LogP contribution is 2.61. The Morgan fingerprint density at radius 1 is 1.04 bits per heavy atom. The normalized spacial score (nSPS) is 26.0. The smallest absolute Gasteiger partial charge is 0.232 e. The Hall–Kier alpha value is -2.88. The van der Waals surface area contributed by atoms with E-state index in [1.807, 2.05) is 0 Å². The van der Waals surface area contributed by atoms with Crippen LogP contribution in [0.25, 0.3) is 0 Å². The predicted molar refractivity (Wildman–Crippen MR) is 96.5 cm³/mol. The number of nitrogens with one attached hydrogen (secondary N) is 2. The van der Waals surface area contributed by atoms with Crippen molar-refractivity contribution >= 4 is 11.7 Å². The van der Waals surface area contributed by atoms with Gasteiger partial charge in [0.05, 0.1) is 11.6 Å². The quantitative estimate of drug-likeness (QED) is 0.745. The molecule has 1 atom stereocenters. The molecule has 124 valence electrons. The maximum absolute atomic E-state index is 13.2. The van der Waals surface area contributed by atoms with E-state index in [2.05, 4.69) is 71.0 Å². The van der Waals surface area contributed by atoms with Crippen LogP contribution in [0, 0.1) is 5.41 Å². The van der Waals surface area contributed by atoms with E-state index in [9.17, 15) is 4.79 Å². The van der Waals surface area contributed by atoms with Crippen molar-refractivity contribution in [2.45, 2.75) is 25.2 Å². The van der Waals surface area contributed by atoms with Gasteiger partial charge < -0.3 is 5.32 Å². The molecule has 1 heterocycles. The Kier molecular flexibility index (Phi) is 2.93. The number of benzene rings is 2. The van der Waals surface area contributed by atoms with Crippen molar-refractivity contribution < 1.29 is 4.79 Å². The standard InChI is InChI=1S/C21H19N3O/c1-21(20(25)23-18-10-11-22-24-18)12-17-13-6-2-4-8-15(13)19(21)16-9-5-3-7-14(16)17/h2-11,17,19H,12H2,1H3,(H2,22,23,24,25). The molecule has 1 unspecified atom stereocenters. The van der Waals surface area contributed by atoms with Crippen LogP contribution in [-0.2, 0) is 4.79 Å². The highest BCUT2D eigenvalue weighted by Gasteiger charge is 2.53. The van der Waals surface area contributed by atoms with E-state index in [4.69, 9.17) is 0 Å². The van der Waals surface area contributed by atoms with Gasteiger partial charge in [-0.2, -0.15) is 5.10 Å². The molecule has 0 saturated carbocycles. The summed E-state index contributed by atoms with van der Waals surface area (Å²) in [6.07, 6.45) is 2.47. The highest BCUT2D eigenvalue weighted by atomic mass is 16.2. The molecule has 3 aliphatic rings. The number of rotatable bonds is 2. The van der Waals surface area contributed by atoms with Crippen LogP contribution in [0.4, 0.5) is 5.82 Å². The molecule has 1 aromatic heterocycles. The van der Waals surface area contributed by atoms with Crippen molar-refractivity contribution in [1.29, 1.82) is 0 Å². The predicted octanol–water partition coefficient (Wildman–Crippen LogP) is 4.04. The number of hydrogen-bond donors (Lipinski definition) is 2. The molecule has 0 aliphatic heterocycles. The summed E-state index contributed by atoms with van der Waals surface area (Å²) in [7, 11) is 0. The summed E-state index contributed by atoms with van der Waals surface area (Å²) in [6.45, 7) is 2.10. The van der Waals surface area contributed by atoms with Gasteiger partial charge in [-0.05, 0) is 35.6 Å². The zero-order chi connectivity index (χ0) is 17.0. The molecule has 2 bridgehead atoms. The van der Waals surface area contributed by atoms with E-state index in [1.54, 1.807) is 12.3 Å². The van der Waals surface area contributed by atoms with E-state index >= 15 is 0 Å². The summed E-state index contributed by atoms with van der Waals surface area (Å²) >= 11 is 0. The highest BCUT2D eigenvalue weighted by molar-refractivity contribution is 5.96. The van der Waals surface area contributed by atoms with Crippen molar-refractivity contribution in [3.8, 4) is 0 Å². The van der Waals surface area contributed by atoms with Gasteiger partial charge in [-0.3, -0.25) is 9.89 Å². The van der Waals surface area contributed by atoms with Crippen molar-refractivity contribution in [3.63, 3.8) is 0 Å². The van der Waals surface area contributed by atoms with Crippen LogP contribution in [0.2, 0.25) is 0 Å². The molecule has 0 spiro atoms. The molecule has 2 N–H and O–H groups in total. The Morgan fingerprint density at radius 2 is 1.64 bits per heavy atom. The Morgan fingerprint density at radius 3 is 2.20 bits per heavy atom. The first-order chi connectivity index (χ1) is 12.2. The number of anilines is 1. The number of aromatic amines is 1. The number of carbonyl (C=O) groups excluding carboxylic acids is 1. The van der Waals surface area contributed by atoms with Gasteiger partial charge in [0.15, 0.2) is 0 Å². The Labute approximate surface area is 146 Å². The number of H-pyrrole nitrogens is 1. The molecule has 2 aromatic carbocycles. The molecule has 4 heteroatoms. The summed E-state index contributed by atoms with van der Waals surface area (Å²) in [6, 6.07) is 18.9. The van der Waals surface area contributed by atoms with Gasteiger partial charge in [0, 0.05) is 17.9 Å². The first-order valence-electron chi connectivity index (χ1n) is 8.67. The molecule has 6 rings (SSSR count). The lowest BCUT2D eigenvalue weighted by Gasteiger charge is -2.50. The SMILES string of the molecule is CC1(C(=O)Nc2ccn[nH]2)CC2c3ccccc3C1c1ccccc12. The van der Waals surface area contributed by atoms with E-state index in [0.717, 1.165) is 6.42 Å². The fraction of sp³-hybridized carbons (Fsp3) is 0.238. The van der Waals surface area contributed by atoms with Crippen molar-refractivity contribution in [2.24, 2.45) is 5.41 Å². The minimum Gasteiger partial charge on any atom is -0.311 e. The van der Waals surface area contributed by atoms with E-state index in [1.165, 1.54) is 22.3 Å². The molecule has 3 aliphatic carbocycles. The number of nitrogens with zero attached hydrogens (tertiary/aromatic N) is 1. The molecule has 4 nitrogen and oxygen atoms in total. The second-order valence-corrected chi connectivity index (χ2v) is 7.29. The summed E-state index contributed by atoms with van der Waals surface area (Å²) < 4.78 is 0. The largest absolute Gasteiger partial charge is 0.311 e. The topological polar surface area (TPSA) is 57.8 Å². The maximum atomic E-state index is 13.2. The zero-order valence-corrected chi connectivity index (χ0v) is 14.0. The molecule has 1 amide bonds. The lowest BCUT2D eigenvalue weighted by molar-refractivity contribution is -0.126. The van der Waals surface area contributed by atoms with Crippen LogP contribution in [-0.4, -0.2) is 16.1 Å². The third kappa shape index (κ3) is 1.94. The molecule has 0 fully saturated rings. The van der Waals surface area contributed by atoms with Crippen LogP contribution in [0.15, 0.2) is 60.8 Å². The summed E-state index contributed by atoms with van der Waals surface area (Å²) in [5, 5.41) is 9.77. The summed E-state index contributed by atoms with van der Waals surface area (Å²) in [5.74, 6) is 1.05. The number of amides is 1. The molecule has 0 radical (unpaired) electrons. The van der Waals surface area contributed by atoms with E-state index < -0.39 is 5.41 Å². The van der Waals surface area contributed by atoms with Gasteiger partial charge in [0.1, 0.15) is 5.82 Å². The molecule has 3 aromatic rings. The number of carbonyl (C=O) groups is 1. The number of hydrogen-bond acceptors (Lipinski definition) is 2. The third-order valence-electron chi connectivity index (χ3n) is 5.90. The lowest BCUT2D eigenvalue weighted by Crippen LogP contribution is -2.47. The van der Waals surface area contributed by atoms with Gasteiger partial charge in [0.2, 0.25) is 5.91 Å². The van der Waals surface area contributed by atoms with Gasteiger partial charge >= 0.3 is 0 Å². The van der Waals surface area contributed by atoms with E-state index in [-0.39, 0.29) is 17.7 Å². The van der Waals surface area contributed by atoms with E-state index in [0.29, 0.717) is 5.82 Å². The van der Waals surface area contributed by atoms with Gasteiger partial charge in [0.25, 0.3) is 0 Å². The molecule has 25 heavy (non-hydrogen) atoms. The first kappa shape index (κ1) is 14.5. The van der Waals surface area contributed by atoms with Crippen LogP contribution >= 0.6 is 0 Å². The minimum absolute atomic E-state index is 0.0516. The molecular weight excluding hydrogens is 310 g/mol. The Balaban J connectivity index is 1.65. The Bertz CT molecular complexity index is 915. The second-order valence-electron chi connectivity index (χ2n) is 7.29. The number of aromatic nitrogens is 2. The third-order valence-corrected chi connectivity index (χ3v) is 5.90. The molecule has 0 saturated heterocycles. The van der Waals surface area contributed by atoms with Gasteiger partial charge in [-0.1, -0.05) is 48.5 Å². The second kappa shape index (κ2) is 5.06. The van der Waals surface area contributed by atoms with Crippen LogP contribution in [0.1, 0.15) is 47.4 Å². The van der Waals surface area contributed by atoms with Crippen molar-refractivity contribution in [2.75, 3.05) is 5.32 Å². The first-order valence-corrected chi connectivity index (χ1v) is 8.67. The monoisotopic (exact) mass is 329 g/mol. The minimum atomic E-state index is -0.488. The summed E-state index contributed by atoms with van der Waals surface area (Å²) in [4.78, 5) is 13.2. The fourth-order valence-corrected chi connectivity index (χ4v) is 4.78. The molecular formula is C21H19N3O. The average Bonchev–Trinajstić information content (AvgIpc) is 3.15. The van der Waals surface area contributed by atoms with Crippen LogP contribution in [0.5, 0.6) is 0 Å². The van der Waals surface area contributed by atoms with Crippen LogP contribution < -0.4 is 5.32 Å². The van der Waals surface area contributed by atoms with Gasteiger partial charge in [-0.25, -0.2) is 0 Å². The van der Waals surface area contributed by atoms with Crippen LogP contribution in [0.3, 0.4) is 0 Å². The maximum Gasteiger partial charge on any atom is 0.232 e. The average molecular weight is 329 g/mol. The van der Waals surface area contributed by atoms with Crippen molar-refractivity contribution in [3.05, 3.63) is 83.0 Å². The number of fused-ring (bicyclic) bond motifs is 1.